The number of hydrogen-bond donors (Lipinski definition) is 1. The molecule has 2 aromatic rings. The molecule has 0 spiro atoms. The zero-order valence-corrected chi connectivity index (χ0v) is 10.2. The molecule has 0 saturated heterocycles. The number of carbonyl (C=O) groups excluding carboxylic acids is 1. The van der Waals surface area contributed by atoms with Crippen LogP contribution >= 0.6 is 0 Å². The summed E-state index contributed by atoms with van der Waals surface area (Å²) in [6, 6.07) is 20.2. The fourth-order valence-corrected chi connectivity index (χ4v) is 1.61. The lowest BCUT2D eigenvalue weighted by Crippen LogP contribution is -2.17. The minimum absolute atomic E-state index is 0.232. The van der Waals surface area contributed by atoms with Crippen molar-refractivity contribution in [3.8, 4) is 6.07 Å². The molecule has 0 bridgehead atoms. The molecule has 2 rings (SSSR count). The van der Waals surface area contributed by atoms with Gasteiger partial charge in [-0.15, -0.1) is 0 Å². The summed E-state index contributed by atoms with van der Waals surface area (Å²) >= 11 is 0. The second-order valence-corrected chi connectivity index (χ2v) is 3.88. The van der Waals surface area contributed by atoms with Gasteiger partial charge in [0.05, 0.1) is 5.57 Å². The third kappa shape index (κ3) is 3.30. The van der Waals surface area contributed by atoms with Crippen LogP contribution in [0.1, 0.15) is 15.9 Å². The first kappa shape index (κ1) is 12.6. The summed E-state index contributed by atoms with van der Waals surface area (Å²) in [5.74, 6) is -0.232. The van der Waals surface area contributed by atoms with E-state index in [9.17, 15) is 4.79 Å². The number of rotatable bonds is 3. The highest BCUT2D eigenvalue weighted by molar-refractivity contribution is 5.95. The Hall–Kier alpha value is -2.86. The zero-order valence-electron chi connectivity index (χ0n) is 10.2. The summed E-state index contributed by atoms with van der Waals surface area (Å²) in [7, 11) is 0. The number of hydrogen-bond acceptors (Lipinski definition) is 2. The van der Waals surface area contributed by atoms with E-state index in [-0.39, 0.29) is 5.91 Å². The van der Waals surface area contributed by atoms with Crippen LogP contribution in [0.4, 0.5) is 0 Å². The third-order valence-corrected chi connectivity index (χ3v) is 2.59. The highest BCUT2D eigenvalue weighted by atomic mass is 16.1. The third-order valence-electron chi connectivity index (χ3n) is 2.59. The lowest BCUT2D eigenvalue weighted by atomic mass is 10.1. The Morgan fingerprint density at radius 1 is 0.947 bits per heavy atom. The Labute approximate surface area is 111 Å². The van der Waals surface area contributed by atoms with Gasteiger partial charge in [-0.05, 0) is 17.7 Å². The summed E-state index contributed by atoms with van der Waals surface area (Å²) < 4.78 is 0. The molecule has 0 heterocycles. The SMILES string of the molecule is N#C/C(=C\NC(=O)c1ccccc1)c1ccccc1. The molecule has 2 aromatic carbocycles. The van der Waals surface area contributed by atoms with Gasteiger partial charge in [-0.2, -0.15) is 5.26 Å². The quantitative estimate of drug-likeness (QED) is 0.849. The predicted molar refractivity (Wildman–Crippen MR) is 73.9 cm³/mol. The van der Waals surface area contributed by atoms with Gasteiger partial charge in [-0.3, -0.25) is 4.79 Å². The topological polar surface area (TPSA) is 52.9 Å². The molecule has 0 fully saturated rings. The van der Waals surface area contributed by atoms with Crippen LogP contribution in [0.3, 0.4) is 0 Å². The molecule has 0 radical (unpaired) electrons. The van der Waals surface area contributed by atoms with E-state index in [1.165, 1.54) is 6.20 Å². The molecule has 1 amide bonds. The van der Waals surface area contributed by atoms with Gasteiger partial charge in [-0.25, -0.2) is 0 Å². The number of allylic oxidation sites excluding steroid dienone is 1. The first-order valence-electron chi connectivity index (χ1n) is 5.83. The molecular weight excluding hydrogens is 236 g/mol. The molecule has 1 N–H and O–H groups in total. The average Bonchev–Trinajstić information content (AvgIpc) is 2.49. The fraction of sp³-hybridized carbons (Fsp3) is 0. The maximum atomic E-state index is 11.8. The average molecular weight is 248 g/mol. The Balaban J connectivity index is 2.14. The Morgan fingerprint density at radius 3 is 2.00 bits per heavy atom. The normalized spacial score (nSPS) is 10.6. The molecule has 0 aliphatic heterocycles. The van der Waals surface area contributed by atoms with Crippen molar-refractivity contribution in [3.63, 3.8) is 0 Å². The highest BCUT2D eigenvalue weighted by Gasteiger charge is 2.04. The van der Waals surface area contributed by atoms with Gasteiger partial charge in [0, 0.05) is 11.8 Å². The van der Waals surface area contributed by atoms with E-state index >= 15 is 0 Å². The molecular formula is C16H12N2O. The van der Waals surface area contributed by atoms with Crippen molar-refractivity contribution in [2.24, 2.45) is 0 Å². The van der Waals surface area contributed by atoms with Gasteiger partial charge < -0.3 is 5.32 Å². The molecule has 3 heteroatoms. The van der Waals surface area contributed by atoms with Crippen LogP contribution in [-0.4, -0.2) is 5.91 Å². The molecule has 19 heavy (non-hydrogen) atoms. The van der Waals surface area contributed by atoms with Gasteiger partial charge in [0.2, 0.25) is 0 Å². The molecule has 0 saturated carbocycles. The Morgan fingerprint density at radius 2 is 1.47 bits per heavy atom. The molecule has 92 valence electrons. The standard InChI is InChI=1S/C16H12N2O/c17-11-15(13-7-3-1-4-8-13)12-18-16(19)14-9-5-2-6-10-14/h1-10,12H,(H,18,19)/b15-12+. The van der Waals surface area contributed by atoms with E-state index in [4.69, 9.17) is 5.26 Å². The van der Waals surface area contributed by atoms with Crippen LogP contribution in [0.25, 0.3) is 5.57 Å². The first-order chi connectivity index (χ1) is 9.31. The van der Waals surface area contributed by atoms with Crippen LogP contribution in [0.5, 0.6) is 0 Å². The number of nitrogens with one attached hydrogen (secondary N) is 1. The van der Waals surface area contributed by atoms with Gasteiger partial charge in [0.15, 0.2) is 0 Å². The summed E-state index contributed by atoms with van der Waals surface area (Å²) in [6.07, 6.45) is 1.44. The number of benzene rings is 2. The van der Waals surface area contributed by atoms with Crippen molar-refractivity contribution in [1.82, 2.24) is 5.32 Å². The maximum Gasteiger partial charge on any atom is 0.255 e. The van der Waals surface area contributed by atoms with Crippen molar-refractivity contribution in [2.45, 2.75) is 0 Å². The van der Waals surface area contributed by atoms with Gasteiger partial charge in [-0.1, -0.05) is 48.5 Å². The molecule has 0 atom stereocenters. The van der Waals surface area contributed by atoms with E-state index in [2.05, 4.69) is 11.4 Å². The van der Waals surface area contributed by atoms with Gasteiger partial charge >= 0.3 is 0 Å². The van der Waals surface area contributed by atoms with Crippen molar-refractivity contribution in [3.05, 3.63) is 78.0 Å². The smallest absolute Gasteiger partial charge is 0.255 e. The zero-order chi connectivity index (χ0) is 13.5. The fourth-order valence-electron chi connectivity index (χ4n) is 1.61. The number of amides is 1. The first-order valence-corrected chi connectivity index (χ1v) is 5.83. The summed E-state index contributed by atoms with van der Waals surface area (Å²) in [5.41, 5.74) is 1.76. The van der Waals surface area contributed by atoms with Crippen LogP contribution in [0.15, 0.2) is 66.9 Å². The van der Waals surface area contributed by atoms with E-state index < -0.39 is 0 Å². The van der Waals surface area contributed by atoms with Crippen LogP contribution in [-0.2, 0) is 0 Å². The minimum atomic E-state index is -0.232. The largest absolute Gasteiger partial charge is 0.327 e. The van der Waals surface area contributed by atoms with E-state index in [1.54, 1.807) is 24.3 Å². The maximum absolute atomic E-state index is 11.8. The van der Waals surface area contributed by atoms with Crippen molar-refractivity contribution < 1.29 is 4.79 Å². The Bertz CT molecular complexity index is 625. The summed E-state index contributed by atoms with van der Waals surface area (Å²) in [4.78, 5) is 11.8. The monoisotopic (exact) mass is 248 g/mol. The van der Waals surface area contributed by atoms with Crippen molar-refractivity contribution in [2.75, 3.05) is 0 Å². The van der Waals surface area contributed by atoms with E-state index in [0.29, 0.717) is 11.1 Å². The summed E-state index contributed by atoms with van der Waals surface area (Å²) in [5, 5.41) is 11.7. The number of nitriles is 1. The van der Waals surface area contributed by atoms with E-state index in [1.807, 2.05) is 36.4 Å². The second-order valence-electron chi connectivity index (χ2n) is 3.88. The molecule has 0 aliphatic carbocycles. The Kier molecular flexibility index (Phi) is 4.09. The number of carbonyl (C=O) groups is 1. The van der Waals surface area contributed by atoms with Crippen LogP contribution in [0.2, 0.25) is 0 Å². The highest BCUT2D eigenvalue weighted by Crippen LogP contribution is 2.11. The van der Waals surface area contributed by atoms with E-state index in [0.717, 1.165) is 5.56 Å². The predicted octanol–water partition coefficient (Wildman–Crippen LogP) is 2.98. The van der Waals surface area contributed by atoms with Crippen molar-refractivity contribution in [1.29, 1.82) is 5.26 Å². The van der Waals surface area contributed by atoms with Gasteiger partial charge in [0.1, 0.15) is 6.07 Å². The molecule has 0 aromatic heterocycles. The van der Waals surface area contributed by atoms with Crippen molar-refractivity contribution >= 4 is 11.5 Å². The minimum Gasteiger partial charge on any atom is -0.327 e. The lowest BCUT2D eigenvalue weighted by Gasteiger charge is -2.02. The van der Waals surface area contributed by atoms with Gasteiger partial charge in [0.25, 0.3) is 5.91 Å². The van der Waals surface area contributed by atoms with Crippen LogP contribution < -0.4 is 5.32 Å². The molecule has 3 nitrogen and oxygen atoms in total. The molecule has 0 unspecified atom stereocenters. The summed E-state index contributed by atoms with van der Waals surface area (Å²) in [6.45, 7) is 0. The molecule has 0 aliphatic rings. The van der Waals surface area contributed by atoms with Crippen LogP contribution in [0, 0.1) is 11.3 Å². The number of nitrogens with zero attached hydrogens (tertiary/aromatic N) is 1. The lowest BCUT2D eigenvalue weighted by molar-refractivity contribution is 0.0970. The second kappa shape index (κ2) is 6.18.